The lowest BCUT2D eigenvalue weighted by Crippen LogP contribution is -2.26. The zero-order valence-electron chi connectivity index (χ0n) is 13.8. The molecule has 2 atom stereocenters. The Hall–Kier alpha value is -3.35. The van der Waals surface area contributed by atoms with Crippen molar-refractivity contribution in [1.29, 1.82) is 0 Å². The number of hydrogen-bond acceptors (Lipinski definition) is 7. The van der Waals surface area contributed by atoms with E-state index in [1.54, 1.807) is 6.26 Å². The molecule has 5 rings (SSSR count). The van der Waals surface area contributed by atoms with Crippen LogP contribution in [0.4, 0.5) is 11.6 Å². The van der Waals surface area contributed by atoms with Crippen molar-refractivity contribution in [3.8, 4) is 0 Å². The smallest absolute Gasteiger partial charge is 0.219 e. The largest absolute Gasteiger partial charge is 0.469 e. The lowest BCUT2D eigenvalue weighted by atomic mass is 9.80. The summed E-state index contributed by atoms with van der Waals surface area (Å²) < 4.78 is 10.4. The minimum Gasteiger partial charge on any atom is -0.469 e. The number of hydrogen-bond donors (Lipinski definition) is 2. The van der Waals surface area contributed by atoms with Crippen LogP contribution in [0.25, 0.3) is 0 Å². The second-order valence-electron chi connectivity index (χ2n) is 6.51. The van der Waals surface area contributed by atoms with Crippen LogP contribution in [0.2, 0.25) is 0 Å². The third-order valence-electron chi connectivity index (χ3n) is 4.91. The number of fused-ring (bicyclic) bond motifs is 1. The van der Waals surface area contributed by atoms with Gasteiger partial charge in [0.25, 0.3) is 0 Å². The molecule has 1 aliphatic carbocycles. The van der Waals surface area contributed by atoms with Gasteiger partial charge in [0.1, 0.15) is 5.76 Å². The van der Waals surface area contributed by atoms with E-state index in [0.717, 1.165) is 22.6 Å². The van der Waals surface area contributed by atoms with Gasteiger partial charge in [-0.1, -0.05) is 30.3 Å². The van der Waals surface area contributed by atoms with E-state index in [0.29, 0.717) is 24.5 Å². The van der Waals surface area contributed by atoms with Crippen molar-refractivity contribution in [1.82, 2.24) is 10.3 Å². The number of anilines is 2. The van der Waals surface area contributed by atoms with Crippen LogP contribution >= 0.6 is 0 Å². The summed E-state index contributed by atoms with van der Waals surface area (Å²) in [5, 5.41) is 14.4. The second kappa shape index (κ2) is 5.87. The van der Waals surface area contributed by atoms with Crippen LogP contribution < -0.4 is 10.6 Å². The Kier molecular flexibility index (Phi) is 3.38. The fourth-order valence-electron chi connectivity index (χ4n) is 3.72. The summed E-state index contributed by atoms with van der Waals surface area (Å²) in [4.78, 5) is 13.1. The molecule has 2 aliphatic rings. The zero-order chi connectivity index (χ0) is 17.5. The van der Waals surface area contributed by atoms with E-state index in [1.807, 2.05) is 42.5 Å². The second-order valence-corrected chi connectivity index (χ2v) is 6.51. The van der Waals surface area contributed by atoms with Gasteiger partial charge in [-0.15, -0.1) is 0 Å². The molecule has 0 fully saturated rings. The topological polar surface area (TPSA) is 93.2 Å². The molecule has 0 spiro atoms. The quantitative estimate of drug-likeness (QED) is 0.730. The molecule has 0 amide bonds. The van der Waals surface area contributed by atoms with Crippen LogP contribution in [-0.2, 0) is 4.79 Å². The van der Waals surface area contributed by atoms with Crippen LogP contribution in [0.1, 0.15) is 36.1 Å². The molecule has 3 heterocycles. The Labute approximate surface area is 149 Å². The van der Waals surface area contributed by atoms with Gasteiger partial charge in [-0.05, 0) is 34.4 Å². The number of rotatable bonds is 2. The summed E-state index contributed by atoms with van der Waals surface area (Å²) in [6.45, 7) is 0. The molecular weight excluding hydrogens is 332 g/mol. The Balaban J connectivity index is 1.62. The van der Waals surface area contributed by atoms with Gasteiger partial charge in [0, 0.05) is 23.6 Å². The first kappa shape index (κ1) is 14.9. The average Bonchev–Trinajstić information content (AvgIpc) is 3.31. The van der Waals surface area contributed by atoms with Crippen LogP contribution in [0.3, 0.4) is 0 Å². The van der Waals surface area contributed by atoms with Crippen molar-refractivity contribution in [2.24, 2.45) is 0 Å². The fourth-order valence-corrected chi connectivity index (χ4v) is 3.72. The van der Waals surface area contributed by atoms with Gasteiger partial charge >= 0.3 is 0 Å². The van der Waals surface area contributed by atoms with Crippen molar-refractivity contribution >= 4 is 17.4 Å². The van der Waals surface area contributed by atoms with Crippen LogP contribution in [0, 0.1) is 0 Å². The van der Waals surface area contributed by atoms with Gasteiger partial charge in [0.2, 0.25) is 11.6 Å². The van der Waals surface area contributed by atoms with Gasteiger partial charge in [0.05, 0.1) is 12.3 Å². The van der Waals surface area contributed by atoms with Crippen molar-refractivity contribution in [3.63, 3.8) is 0 Å². The number of allylic oxidation sites excluding steroid dienone is 1. The highest BCUT2D eigenvalue weighted by Crippen LogP contribution is 2.43. The molecule has 0 radical (unpaired) electrons. The van der Waals surface area contributed by atoms with Crippen LogP contribution in [0.15, 0.2) is 69.0 Å². The van der Waals surface area contributed by atoms with E-state index < -0.39 is 0 Å². The summed E-state index contributed by atoms with van der Waals surface area (Å²) in [6, 6.07) is 13.3. The fraction of sp³-hybridized carbons (Fsp3) is 0.211. The third-order valence-corrected chi connectivity index (χ3v) is 4.91. The summed E-state index contributed by atoms with van der Waals surface area (Å²) in [5.41, 5.74) is 2.54. The summed E-state index contributed by atoms with van der Waals surface area (Å²) in [6.07, 6.45) is 2.71. The highest BCUT2D eigenvalue weighted by molar-refractivity contribution is 6.00. The van der Waals surface area contributed by atoms with E-state index >= 15 is 0 Å². The minimum absolute atomic E-state index is 0.00147. The van der Waals surface area contributed by atoms with E-state index in [-0.39, 0.29) is 17.7 Å². The zero-order valence-corrected chi connectivity index (χ0v) is 13.8. The predicted molar refractivity (Wildman–Crippen MR) is 93.4 cm³/mol. The van der Waals surface area contributed by atoms with Gasteiger partial charge < -0.3 is 15.1 Å². The lowest BCUT2D eigenvalue weighted by molar-refractivity contribution is -0.116. The normalized spacial score (nSPS) is 22.1. The summed E-state index contributed by atoms with van der Waals surface area (Å²) >= 11 is 0. The number of nitrogens with zero attached hydrogens (tertiary/aromatic N) is 2. The average molecular weight is 348 g/mol. The molecule has 2 unspecified atom stereocenters. The molecule has 0 saturated carbocycles. The number of furan rings is 1. The number of carbonyl (C=O) groups excluding carboxylic acids is 1. The SMILES string of the molecule is O=C1CC(c2ccco2)CC2=C1C(c1ccccc1)Nc1nonc1N2. The van der Waals surface area contributed by atoms with E-state index in [2.05, 4.69) is 20.9 Å². The van der Waals surface area contributed by atoms with E-state index in [9.17, 15) is 4.79 Å². The molecule has 2 aromatic heterocycles. The first-order chi connectivity index (χ1) is 12.8. The number of nitrogens with one attached hydrogen (secondary N) is 2. The number of Topliss-reactive ketones (excluding diaryl/α,β-unsaturated/α-hetero) is 1. The molecule has 7 heteroatoms. The van der Waals surface area contributed by atoms with E-state index in [1.165, 1.54) is 0 Å². The number of aromatic nitrogens is 2. The molecule has 1 aliphatic heterocycles. The van der Waals surface area contributed by atoms with Crippen LogP contribution in [0.5, 0.6) is 0 Å². The number of benzene rings is 1. The Morgan fingerprint density at radius 1 is 1.00 bits per heavy atom. The Morgan fingerprint density at radius 3 is 2.65 bits per heavy atom. The van der Waals surface area contributed by atoms with Crippen molar-refractivity contribution in [2.75, 3.05) is 10.6 Å². The van der Waals surface area contributed by atoms with Crippen LogP contribution in [-0.4, -0.2) is 16.1 Å². The number of ketones is 1. The molecule has 130 valence electrons. The lowest BCUT2D eigenvalue weighted by Gasteiger charge is -2.28. The first-order valence-electron chi connectivity index (χ1n) is 8.50. The third kappa shape index (κ3) is 2.40. The van der Waals surface area contributed by atoms with E-state index in [4.69, 9.17) is 9.05 Å². The van der Waals surface area contributed by atoms with Crippen molar-refractivity contribution in [2.45, 2.75) is 24.8 Å². The Bertz CT molecular complexity index is 975. The molecule has 26 heavy (non-hydrogen) atoms. The van der Waals surface area contributed by atoms with Gasteiger partial charge in [-0.25, -0.2) is 4.63 Å². The molecule has 2 N–H and O–H groups in total. The van der Waals surface area contributed by atoms with Crippen molar-refractivity contribution in [3.05, 3.63) is 71.3 Å². The summed E-state index contributed by atoms with van der Waals surface area (Å²) in [5.74, 6) is 1.89. The molecule has 1 aromatic carbocycles. The first-order valence-corrected chi connectivity index (χ1v) is 8.50. The Morgan fingerprint density at radius 2 is 1.85 bits per heavy atom. The maximum Gasteiger partial charge on any atom is 0.219 e. The maximum absolute atomic E-state index is 13.1. The highest BCUT2D eigenvalue weighted by atomic mass is 16.6. The van der Waals surface area contributed by atoms with Gasteiger partial charge in [-0.2, -0.15) is 0 Å². The number of carbonyl (C=O) groups is 1. The minimum atomic E-state index is -0.308. The molecule has 3 aromatic rings. The monoisotopic (exact) mass is 348 g/mol. The van der Waals surface area contributed by atoms with Crippen molar-refractivity contribution < 1.29 is 13.8 Å². The highest BCUT2D eigenvalue weighted by Gasteiger charge is 2.37. The van der Waals surface area contributed by atoms with Gasteiger partial charge in [-0.3, -0.25) is 4.79 Å². The molecular formula is C19H16N4O3. The molecule has 7 nitrogen and oxygen atoms in total. The maximum atomic E-state index is 13.1. The molecule has 0 bridgehead atoms. The molecule has 0 saturated heterocycles. The predicted octanol–water partition coefficient (Wildman–Crippen LogP) is 3.64. The summed E-state index contributed by atoms with van der Waals surface area (Å²) in [7, 11) is 0. The van der Waals surface area contributed by atoms with Gasteiger partial charge in [0.15, 0.2) is 5.78 Å². The standard InChI is InChI=1S/C19H16N4O3/c24-14-10-12(15-7-4-8-25-15)9-13-16(14)17(11-5-2-1-3-6-11)21-19-18(20-13)22-26-23-19/h1-8,12,17H,9-10H2,(H,20,22)(H,21,23).